The molecule has 0 amide bonds. The van der Waals surface area contributed by atoms with Crippen molar-refractivity contribution in [3.8, 4) is 0 Å². The van der Waals surface area contributed by atoms with Crippen LogP contribution in [0.1, 0.15) is 46.0 Å². The van der Waals surface area contributed by atoms with Crippen LogP contribution in [-0.2, 0) is 4.79 Å². The number of unbranched alkanes of at least 4 members (excludes halogenated alkanes) is 1. The van der Waals surface area contributed by atoms with Gasteiger partial charge in [0.2, 0.25) is 0 Å². The van der Waals surface area contributed by atoms with Gasteiger partial charge in [-0.05, 0) is 31.3 Å². The molecule has 17 heavy (non-hydrogen) atoms. The van der Waals surface area contributed by atoms with Gasteiger partial charge in [0.15, 0.2) is 0 Å². The van der Waals surface area contributed by atoms with E-state index in [4.69, 9.17) is 5.53 Å². The first-order valence-electron chi connectivity index (χ1n) is 6.12. The SMILES string of the molecule is CCCCC(CC)(NCCCN=[N+]=[N-])C(=O)O. The lowest BCUT2D eigenvalue weighted by Gasteiger charge is -2.29. The van der Waals surface area contributed by atoms with E-state index in [-0.39, 0.29) is 0 Å². The molecule has 6 heteroatoms. The van der Waals surface area contributed by atoms with E-state index in [1.54, 1.807) is 0 Å². The lowest BCUT2D eigenvalue weighted by Crippen LogP contribution is -2.52. The van der Waals surface area contributed by atoms with Crippen LogP contribution in [-0.4, -0.2) is 29.7 Å². The number of carboxylic acid groups (broad SMARTS) is 1. The number of azide groups is 1. The predicted molar refractivity (Wildman–Crippen MR) is 66.8 cm³/mol. The summed E-state index contributed by atoms with van der Waals surface area (Å²) in [6, 6.07) is 0. The standard InChI is InChI=1S/C11H22N4O2/c1-3-5-7-11(4-2,10(16)17)13-8-6-9-14-15-12/h13H,3-9H2,1-2H3,(H,16,17). The molecule has 0 aliphatic carbocycles. The van der Waals surface area contributed by atoms with Gasteiger partial charge >= 0.3 is 5.97 Å². The molecule has 0 radical (unpaired) electrons. The molecule has 0 aromatic heterocycles. The molecule has 0 rings (SSSR count). The quantitative estimate of drug-likeness (QED) is 0.266. The summed E-state index contributed by atoms with van der Waals surface area (Å²) in [5, 5.41) is 15.8. The van der Waals surface area contributed by atoms with Crippen LogP contribution in [0.15, 0.2) is 5.11 Å². The van der Waals surface area contributed by atoms with E-state index in [1.165, 1.54) is 0 Å². The number of nitrogens with zero attached hydrogens (tertiary/aromatic N) is 3. The largest absolute Gasteiger partial charge is 0.480 e. The van der Waals surface area contributed by atoms with E-state index in [2.05, 4.69) is 15.3 Å². The Morgan fingerprint density at radius 2 is 2.18 bits per heavy atom. The molecular weight excluding hydrogens is 220 g/mol. The van der Waals surface area contributed by atoms with Gasteiger partial charge in [-0.15, -0.1) is 0 Å². The highest BCUT2D eigenvalue weighted by molar-refractivity contribution is 5.78. The Kier molecular flexibility index (Phi) is 8.19. The van der Waals surface area contributed by atoms with Gasteiger partial charge in [-0.3, -0.25) is 4.79 Å². The average Bonchev–Trinajstić information content (AvgIpc) is 2.32. The Labute approximate surface area is 102 Å². The van der Waals surface area contributed by atoms with E-state index >= 15 is 0 Å². The molecule has 0 bridgehead atoms. The lowest BCUT2D eigenvalue weighted by atomic mass is 9.89. The predicted octanol–water partition coefficient (Wildman–Crippen LogP) is 2.70. The maximum absolute atomic E-state index is 11.3. The highest BCUT2D eigenvalue weighted by atomic mass is 16.4. The molecule has 1 atom stereocenters. The van der Waals surface area contributed by atoms with Crippen molar-refractivity contribution < 1.29 is 9.90 Å². The van der Waals surface area contributed by atoms with E-state index in [1.807, 2.05) is 13.8 Å². The molecule has 0 aromatic carbocycles. The van der Waals surface area contributed by atoms with Crippen LogP contribution in [0.5, 0.6) is 0 Å². The number of rotatable bonds is 10. The summed E-state index contributed by atoms with van der Waals surface area (Å²) in [6.45, 7) is 4.88. The van der Waals surface area contributed by atoms with Gasteiger partial charge in [0.05, 0.1) is 0 Å². The Bertz CT molecular complexity index is 277. The van der Waals surface area contributed by atoms with E-state index < -0.39 is 11.5 Å². The average molecular weight is 242 g/mol. The van der Waals surface area contributed by atoms with Crippen LogP contribution in [0.2, 0.25) is 0 Å². The molecule has 0 saturated carbocycles. The van der Waals surface area contributed by atoms with Gasteiger partial charge in [-0.2, -0.15) is 0 Å². The van der Waals surface area contributed by atoms with Crippen LogP contribution in [0.3, 0.4) is 0 Å². The molecule has 98 valence electrons. The summed E-state index contributed by atoms with van der Waals surface area (Å²) < 4.78 is 0. The monoisotopic (exact) mass is 242 g/mol. The molecule has 0 saturated heterocycles. The van der Waals surface area contributed by atoms with E-state index in [0.717, 1.165) is 12.8 Å². The zero-order valence-electron chi connectivity index (χ0n) is 10.6. The zero-order chi connectivity index (χ0) is 13.1. The molecule has 0 fully saturated rings. The van der Waals surface area contributed by atoms with Gasteiger partial charge < -0.3 is 10.4 Å². The number of carbonyl (C=O) groups is 1. The normalized spacial score (nSPS) is 13.8. The fourth-order valence-electron chi connectivity index (χ4n) is 1.72. The summed E-state index contributed by atoms with van der Waals surface area (Å²) in [6.07, 6.45) is 3.73. The molecule has 1 unspecified atom stereocenters. The van der Waals surface area contributed by atoms with Crippen molar-refractivity contribution in [1.82, 2.24) is 5.32 Å². The molecule has 6 nitrogen and oxygen atoms in total. The minimum Gasteiger partial charge on any atom is -0.480 e. The van der Waals surface area contributed by atoms with Gasteiger partial charge in [0.25, 0.3) is 0 Å². The van der Waals surface area contributed by atoms with E-state index in [0.29, 0.717) is 32.4 Å². The summed E-state index contributed by atoms with van der Waals surface area (Å²) in [7, 11) is 0. The fourth-order valence-corrected chi connectivity index (χ4v) is 1.72. The minimum absolute atomic E-state index is 0.399. The maximum atomic E-state index is 11.3. The number of nitrogens with one attached hydrogen (secondary N) is 1. The number of hydrogen-bond acceptors (Lipinski definition) is 3. The molecule has 0 aliphatic heterocycles. The molecule has 0 spiro atoms. The molecule has 0 aromatic rings. The Hall–Kier alpha value is -1.26. The topological polar surface area (TPSA) is 98.1 Å². The molecule has 0 heterocycles. The van der Waals surface area contributed by atoms with Crippen molar-refractivity contribution in [2.75, 3.05) is 13.1 Å². The summed E-state index contributed by atoms with van der Waals surface area (Å²) in [5.41, 5.74) is 7.29. The Morgan fingerprint density at radius 1 is 1.47 bits per heavy atom. The van der Waals surface area contributed by atoms with Gasteiger partial charge in [0.1, 0.15) is 5.54 Å². The highest BCUT2D eigenvalue weighted by Gasteiger charge is 2.34. The van der Waals surface area contributed by atoms with Crippen molar-refractivity contribution in [2.24, 2.45) is 5.11 Å². The third-order valence-corrected chi connectivity index (χ3v) is 2.93. The van der Waals surface area contributed by atoms with Crippen molar-refractivity contribution in [2.45, 2.75) is 51.5 Å². The van der Waals surface area contributed by atoms with Crippen molar-refractivity contribution in [3.63, 3.8) is 0 Å². The third-order valence-electron chi connectivity index (χ3n) is 2.93. The second kappa shape index (κ2) is 8.84. The van der Waals surface area contributed by atoms with Crippen molar-refractivity contribution in [3.05, 3.63) is 10.4 Å². The summed E-state index contributed by atoms with van der Waals surface area (Å²) >= 11 is 0. The minimum atomic E-state index is -0.827. The smallest absolute Gasteiger partial charge is 0.323 e. The first kappa shape index (κ1) is 15.7. The Morgan fingerprint density at radius 3 is 2.65 bits per heavy atom. The highest BCUT2D eigenvalue weighted by Crippen LogP contribution is 2.19. The lowest BCUT2D eigenvalue weighted by molar-refractivity contribution is -0.145. The number of aliphatic carboxylic acids is 1. The second-order valence-corrected chi connectivity index (χ2v) is 4.08. The van der Waals surface area contributed by atoms with Crippen LogP contribution in [0.25, 0.3) is 10.4 Å². The number of carboxylic acids is 1. The number of hydrogen-bond donors (Lipinski definition) is 2. The van der Waals surface area contributed by atoms with Gasteiger partial charge in [-0.25, -0.2) is 0 Å². The van der Waals surface area contributed by atoms with Crippen LogP contribution < -0.4 is 5.32 Å². The zero-order valence-corrected chi connectivity index (χ0v) is 10.6. The van der Waals surface area contributed by atoms with Crippen LogP contribution in [0.4, 0.5) is 0 Å². The van der Waals surface area contributed by atoms with Crippen LogP contribution >= 0.6 is 0 Å². The second-order valence-electron chi connectivity index (χ2n) is 4.08. The Balaban J connectivity index is 4.26. The van der Waals surface area contributed by atoms with Gasteiger partial charge in [-0.1, -0.05) is 31.8 Å². The van der Waals surface area contributed by atoms with Crippen molar-refractivity contribution in [1.29, 1.82) is 0 Å². The van der Waals surface area contributed by atoms with Crippen LogP contribution in [0, 0.1) is 0 Å². The first-order chi connectivity index (χ1) is 8.13. The van der Waals surface area contributed by atoms with E-state index in [9.17, 15) is 9.90 Å². The molecule has 2 N–H and O–H groups in total. The fraction of sp³-hybridized carbons (Fsp3) is 0.909. The molecular formula is C11H22N4O2. The first-order valence-corrected chi connectivity index (χ1v) is 6.12. The van der Waals surface area contributed by atoms with Gasteiger partial charge in [0, 0.05) is 11.5 Å². The molecule has 0 aliphatic rings. The maximum Gasteiger partial charge on any atom is 0.323 e. The van der Waals surface area contributed by atoms with Crippen molar-refractivity contribution >= 4 is 5.97 Å². The summed E-state index contributed by atoms with van der Waals surface area (Å²) in [4.78, 5) is 14.0. The summed E-state index contributed by atoms with van der Waals surface area (Å²) in [5.74, 6) is -0.794. The third kappa shape index (κ3) is 5.56.